The molecule has 3 aromatic rings. The van der Waals surface area contributed by atoms with Crippen LogP contribution in [0.1, 0.15) is 11.3 Å². The summed E-state index contributed by atoms with van der Waals surface area (Å²) in [5, 5.41) is 13.6. The van der Waals surface area contributed by atoms with E-state index in [1.807, 2.05) is 23.6 Å². The first-order chi connectivity index (χ1) is 13.0. The summed E-state index contributed by atoms with van der Waals surface area (Å²) in [6, 6.07) is 10.3. The number of nitrogens with zero attached hydrogens (tertiary/aromatic N) is 2. The fourth-order valence-electron chi connectivity index (χ4n) is 2.55. The topological polar surface area (TPSA) is 83.7 Å². The smallest absolute Gasteiger partial charge is 0.272 e. The van der Waals surface area contributed by atoms with Gasteiger partial charge in [0.05, 0.1) is 24.8 Å². The average Bonchev–Trinajstić information content (AvgIpc) is 3.14. The Morgan fingerprint density at radius 1 is 1.11 bits per heavy atom. The molecule has 0 aliphatic heterocycles. The lowest BCUT2D eigenvalue weighted by atomic mass is 10.2. The van der Waals surface area contributed by atoms with Gasteiger partial charge in [0.15, 0.2) is 11.5 Å². The van der Waals surface area contributed by atoms with Gasteiger partial charge in [0.1, 0.15) is 17.4 Å². The van der Waals surface area contributed by atoms with Gasteiger partial charge in [-0.2, -0.15) is 0 Å². The van der Waals surface area contributed by atoms with E-state index in [0.717, 1.165) is 16.3 Å². The van der Waals surface area contributed by atoms with Crippen LogP contribution in [0.25, 0.3) is 10.6 Å². The molecule has 8 heteroatoms. The number of hydrogen-bond acceptors (Lipinski definition) is 7. The molecule has 0 spiro atoms. The van der Waals surface area contributed by atoms with E-state index >= 15 is 0 Å². The molecule has 0 radical (unpaired) electrons. The maximum Gasteiger partial charge on any atom is 0.272 e. The van der Waals surface area contributed by atoms with Crippen molar-refractivity contribution in [1.29, 1.82) is 0 Å². The quantitative estimate of drug-likeness (QED) is 0.435. The first-order valence-corrected chi connectivity index (χ1v) is 8.94. The number of thiazole rings is 1. The maximum atomic E-state index is 10.9. The van der Waals surface area contributed by atoms with Gasteiger partial charge in [-0.3, -0.25) is 10.1 Å². The van der Waals surface area contributed by atoms with Crippen molar-refractivity contribution in [1.82, 2.24) is 4.98 Å². The first kappa shape index (κ1) is 18.7. The molecule has 3 rings (SSSR count). The van der Waals surface area contributed by atoms with Crippen molar-refractivity contribution < 1.29 is 19.1 Å². The van der Waals surface area contributed by atoms with E-state index in [9.17, 15) is 10.1 Å². The molecule has 0 unspecified atom stereocenters. The fraction of sp³-hybridized carbons (Fsp3) is 0.211. The van der Waals surface area contributed by atoms with Gasteiger partial charge in [-0.25, -0.2) is 4.98 Å². The Hall–Kier alpha value is -3.13. The van der Waals surface area contributed by atoms with Crippen molar-refractivity contribution in [2.75, 3.05) is 14.2 Å². The normalized spacial score (nSPS) is 10.5. The lowest BCUT2D eigenvalue weighted by Gasteiger charge is -2.08. The summed E-state index contributed by atoms with van der Waals surface area (Å²) < 4.78 is 16.3. The number of aryl methyl sites for hydroxylation is 1. The number of rotatable bonds is 7. The molecule has 1 heterocycles. The van der Waals surface area contributed by atoms with Gasteiger partial charge in [0, 0.05) is 22.6 Å². The third-order valence-corrected chi connectivity index (χ3v) is 4.87. The van der Waals surface area contributed by atoms with E-state index in [0.29, 0.717) is 22.8 Å². The zero-order valence-corrected chi connectivity index (χ0v) is 15.9. The number of methoxy groups -OCH3 is 2. The maximum absolute atomic E-state index is 10.9. The van der Waals surface area contributed by atoms with Crippen molar-refractivity contribution in [2.24, 2.45) is 0 Å². The molecular weight excluding hydrogens is 368 g/mol. The predicted molar refractivity (Wildman–Crippen MR) is 103 cm³/mol. The molecular formula is C19H18N2O5S. The van der Waals surface area contributed by atoms with Crippen LogP contribution >= 0.6 is 11.3 Å². The van der Waals surface area contributed by atoms with Gasteiger partial charge in [-0.05, 0) is 37.3 Å². The molecule has 2 aromatic carbocycles. The summed E-state index contributed by atoms with van der Waals surface area (Å²) in [5.41, 5.74) is 2.34. The van der Waals surface area contributed by atoms with E-state index in [2.05, 4.69) is 4.98 Å². The second-order valence-electron chi connectivity index (χ2n) is 5.71. The minimum absolute atomic E-state index is 0.0757. The van der Waals surface area contributed by atoms with Crippen molar-refractivity contribution in [2.45, 2.75) is 13.5 Å². The SMILES string of the molecule is COc1ccc(-c2nc(COc3ccc([N+](=O)[O-])c(C)c3)cs2)cc1OC. The molecule has 0 atom stereocenters. The van der Waals surface area contributed by atoms with E-state index in [4.69, 9.17) is 14.2 Å². The van der Waals surface area contributed by atoms with Crippen LogP contribution in [0, 0.1) is 17.0 Å². The molecule has 0 saturated carbocycles. The standard InChI is InChI=1S/C19H18N2O5S/c1-12-8-15(5-6-16(12)21(22)23)26-10-14-11-27-19(20-14)13-4-7-17(24-2)18(9-13)25-3/h4-9,11H,10H2,1-3H3. The zero-order chi connectivity index (χ0) is 19.4. The van der Waals surface area contributed by atoms with Gasteiger partial charge in [-0.1, -0.05) is 0 Å². The number of hydrogen-bond donors (Lipinski definition) is 0. The van der Waals surface area contributed by atoms with Crippen LogP contribution in [0.4, 0.5) is 5.69 Å². The highest BCUT2D eigenvalue weighted by atomic mass is 32.1. The second kappa shape index (κ2) is 8.05. The van der Waals surface area contributed by atoms with Gasteiger partial charge in [0.25, 0.3) is 5.69 Å². The van der Waals surface area contributed by atoms with Crippen molar-refractivity contribution in [3.63, 3.8) is 0 Å². The first-order valence-electron chi connectivity index (χ1n) is 8.06. The van der Waals surface area contributed by atoms with Gasteiger partial charge in [-0.15, -0.1) is 11.3 Å². The average molecular weight is 386 g/mol. The highest BCUT2D eigenvalue weighted by molar-refractivity contribution is 7.13. The van der Waals surface area contributed by atoms with Gasteiger partial charge in [0.2, 0.25) is 0 Å². The molecule has 0 N–H and O–H groups in total. The molecule has 140 valence electrons. The van der Waals surface area contributed by atoms with Crippen LogP contribution in [-0.2, 0) is 6.61 Å². The Morgan fingerprint density at radius 2 is 1.89 bits per heavy atom. The zero-order valence-electron chi connectivity index (χ0n) is 15.1. The van der Waals surface area contributed by atoms with Gasteiger partial charge < -0.3 is 14.2 Å². The Kier molecular flexibility index (Phi) is 5.56. The van der Waals surface area contributed by atoms with E-state index in [1.165, 1.54) is 17.4 Å². The fourth-order valence-corrected chi connectivity index (χ4v) is 3.36. The molecule has 0 aliphatic carbocycles. The molecule has 0 aliphatic rings. The highest BCUT2D eigenvalue weighted by Gasteiger charge is 2.12. The number of nitro groups is 1. The number of ether oxygens (including phenoxy) is 3. The summed E-state index contributed by atoms with van der Waals surface area (Å²) in [7, 11) is 3.19. The molecule has 0 bridgehead atoms. The number of nitro benzene ring substituents is 1. The Bertz CT molecular complexity index is 970. The lowest BCUT2D eigenvalue weighted by Crippen LogP contribution is -1.97. The molecule has 0 fully saturated rings. The van der Waals surface area contributed by atoms with E-state index in [-0.39, 0.29) is 12.3 Å². The third kappa shape index (κ3) is 4.17. The highest BCUT2D eigenvalue weighted by Crippen LogP contribution is 2.33. The molecule has 0 amide bonds. The Morgan fingerprint density at radius 3 is 2.56 bits per heavy atom. The summed E-state index contributed by atoms with van der Waals surface area (Å²) in [6.45, 7) is 1.96. The summed E-state index contributed by atoms with van der Waals surface area (Å²) in [5.74, 6) is 1.87. The minimum Gasteiger partial charge on any atom is -0.493 e. The third-order valence-electron chi connectivity index (χ3n) is 3.93. The predicted octanol–water partition coefficient (Wildman–Crippen LogP) is 4.62. The van der Waals surface area contributed by atoms with Crippen molar-refractivity contribution in [3.8, 4) is 27.8 Å². The molecule has 27 heavy (non-hydrogen) atoms. The minimum atomic E-state index is -0.408. The van der Waals surface area contributed by atoms with Crippen molar-refractivity contribution in [3.05, 3.63) is 63.1 Å². The van der Waals surface area contributed by atoms with Crippen molar-refractivity contribution >= 4 is 17.0 Å². The monoisotopic (exact) mass is 386 g/mol. The summed E-state index contributed by atoms with van der Waals surface area (Å²) in [6.07, 6.45) is 0. The summed E-state index contributed by atoms with van der Waals surface area (Å²) >= 11 is 1.50. The summed E-state index contributed by atoms with van der Waals surface area (Å²) in [4.78, 5) is 15.1. The van der Waals surface area contributed by atoms with Crippen LogP contribution in [-0.4, -0.2) is 24.1 Å². The second-order valence-corrected chi connectivity index (χ2v) is 6.57. The van der Waals surface area contributed by atoms with Crippen LogP contribution in [0.15, 0.2) is 41.8 Å². The molecule has 0 saturated heterocycles. The Balaban J connectivity index is 1.71. The number of aromatic nitrogens is 1. The number of benzene rings is 2. The van der Waals surface area contributed by atoms with E-state index in [1.54, 1.807) is 33.3 Å². The van der Waals surface area contributed by atoms with Crippen LogP contribution < -0.4 is 14.2 Å². The van der Waals surface area contributed by atoms with Gasteiger partial charge >= 0.3 is 0 Å². The Labute approximate surface area is 160 Å². The molecule has 7 nitrogen and oxygen atoms in total. The lowest BCUT2D eigenvalue weighted by molar-refractivity contribution is -0.385. The van der Waals surface area contributed by atoms with Crippen LogP contribution in [0.3, 0.4) is 0 Å². The van der Waals surface area contributed by atoms with Crippen LogP contribution in [0.5, 0.6) is 17.2 Å². The van der Waals surface area contributed by atoms with Crippen LogP contribution in [0.2, 0.25) is 0 Å². The van der Waals surface area contributed by atoms with E-state index < -0.39 is 4.92 Å². The largest absolute Gasteiger partial charge is 0.493 e. The molecule has 1 aromatic heterocycles.